The summed E-state index contributed by atoms with van der Waals surface area (Å²) in [6, 6.07) is 2.06. The minimum atomic E-state index is -0.0510. The molecular weight excluding hydrogens is 142 g/mol. The summed E-state index contributed by atoms with van der Waals surface area (Å²) in [5.41, 5.74) is 0. The van der Waals surface area contributed by atoms with Crippen LogP contribution >= 0.6 is 0 Å². The normalized spacial score (nSPS) is 12.5. The summed E-state index contributed by atoms with van der Waals surface area (Å²) in [5.74, 6) is 0. The molecule has 0 aromatic carbocycles. The zero-order valence-electron chi connectivity index (χ0n) is 7.17. The molecular formula is C8H15NO2. The molecule has 0 aliphatic heterocycles. The maximum atomic E-state index is 8.38. The maximum absolute atomic E-state index is 8.38. The third-order valence-corrected chi connectivity index (χ3v) is 1.23. The van der Waals surface area contributed by atoms with Crippen molar-refractivity contribution in [1.82, 2.24) is 0 Å². The van der Waals surface area contributed by atoms with Crippen molar-refractivity contribution in [1.29, 1.82) is 5.26 Å². The molecule has 3 heteroatoms. The molecule has 0 aliphatic carbocycles. The first-order valence-electron chi connectivity index (χ1n) is 3.91. The fraction of sp³-hybridized carbons (Fsp3) is 0.875. The van der Waals surface area contributed by atoms with Crippen LogP contribution in [0.25, 0.3) is 0 Å². The van der Waals surface area contributed by atoms with Crippen LogP contribution in [0.2, 0.25) is 0 Å². The van der Waals surface area contributed by atoms with E-state index < -0.39 is 0 Å². The van der Waals surface area contributed by atoms with Gasteiger partial charge in [-0.3, -0.25) is 0 Å². The van der Waals surface area contributed by atoms with Gasteiger partial charge >= 0.3 is 0 Å². The van der Waals surface area contributed by atoms with Gasteiger partial charge in [0.1, 0.15) is 0 Å². The first-order valence-corrected chi connectivity index (χ1v) is 3.91. The zero-order chi connectivity index (χ0) is 8.53. The Morgan fingerprint density at radius 2 is 2.09 bits per heavy atom. The average molecular weight is 157 g/mol. The molecule has 0 aromatic heterocycles. The van der Waals surface area contributed by atoms with Gasteiger partial charge in [-0.1, -0.05) is 0 Å². The summed E-state index contributed by atoms with van der Waals surface area (Å²) >= 11 is 0. The molecule has 0 N–H and O–H groups in total. The second-order valence-corrected chi connectivity index (χ2v) is 2.10. The molecule has 0 saturated carbocycles. The predicted molar refractivity (Wildman–Crippen MR) is 42.1 cm³/mol. The second-order valence-electron chi connectivity index (χ2n) is 2.10. The topological polar surface area (TPSA) is 42.2 Å². The summed E-state index contributed by atoms with van der Waals surface area (Å²) < 4.78 is 10.4. The maximum Gasteiger partial charge on any atom is 0.0937 e. The highest BCUT2D eigenvalue weighted by Crippen LogP contribution is 1.97. The quantitative estimate of drug-likeness (QED) is 0.584. The monoisotopic (exact) mass is 157 g/mol. The first kappa shape index (κ1) is 10.4. The van der Waals surface area contributed by atoms with Crippen molar-refractivity contribution in [3.8, 4) is 6.07 Å². The molecule has 0 aromatic rings. The molecule has 0 bridgehead atoms. The minimum Gasteiger partial charge on any atom is -0.379 e. The molecule has 0 rings (SSSR count). The lowest BCUT2D eigenvalue weighted by Gasteiger charge is -2.12. The van der Waals surface area contributed by atoms with Crippen LogP contribution in [0.1, 0.15) is 20.3 Å². The van der Waals surface area contributed by atoms with E-state index in [4.69, 9.17) is 14.7 Å². The van der Waals surface area contributed by atoms with Crippen molar-refractivity contribution < 1.29 is 9.47 Å². The van der Waals surface area contributed by atoms with E-state index in [0.29, 0.717) is 26.2 Å². The lowest BCUT2D eigenvalue weighted by Crippen LogP contribution is -2.19. The molecule has 1 unspecified atom stereocenters. The van der Waals surface area contributed by atoms with E-state index in [-0.39, 0.29) is 6.10 Å². The Balaban J connectivity index is 3.44. The number of nitrogens with zero attached hydrogens (tertiary/aromatic N) is 1. The first-order chi connectivity index (χ1) is 5.35. The molecule has 11 heavy (non-hydrogen) atoms. The Morgan fingerprint density at radius 1 is 1.36 bits per heavy atom. The van der Waals surface area contributed by atoms with E-state index >= 15 is 0 Å². The van der Waals surface area contributed by atoms with Crippen LogP contribution in [0.4, 0.5) is 0 Å². The fourth-order valence-electron chi connectivity index (χ4n) is 0.753. The Hall–Kier alpha value is -0.590. The molecule has 0 saturated heterocycles. The molecule has 3 nitrogen and oxygen atoms in total. The van der Waals surface area contributed by atoms with Gasteiger partial charge in [-0.25, -0.2) is 0 Å². The Bertz CT molecular complexity index is 120. The van der Waals surface area contributed by atoms with Gasteiger partial charge in [0.05, 0.1) is 25.2 Å². The number of ether oxygens (including phenoxy) is 2. The van der Waals surface area contributed by atoms with Crippen LogP contribution in [0.5, 0.6) is 0 Å². The molecule has 0 radical (unpaired) electrons. The van der Waals surface area contributed by atoms with Crippen LogP contribution in [0.15, 0.2) is 0 Å². The Morgan fingerprint density at radius 3 is 2.55 bits per heavy atom. The van der Waals surface area contributed by atoms with Crippen LogP contribution in [0.3, 0.4) is 0 Å². The van der Waals surface area contributed by atoms with Gasteiger partial charge in [-0.2, -0.15) is 5.26 Å². The number of nitriles is 1. The number of hydrogen-bond acceptors (Lipinski definition) is 3. The summed E-state index contributed by atoms with van der Waals surface area (Å²) in [6.07, 6.45) is 0.360. The highest BCUT2D eigenvalue weighted by molar-refractivity contribution is 4.75. The summed E-state index contributed by atoms with van der Waals surface area (Å²) in [4.78, 5) is 0. The number of hydrogen-bond donors (Lipinski definition) is 0. The van der Waals surface area contributed by atoms with Crippen molar-refractivity contribution in [2.45, 2.75) is 26.4 Å². The highest BCUT2D eigenvalue weighted by atomic mass is 16.5. The molecule has 0 spiro atoms. The predicted octanol–water partition coefficient (Wildman–Crippen LogP) is 1.34. The Kier molecular flexibility index (Phi) is 7.11. The van der Waals surface area contributed by atoms with E-state index in [1.807, 2.05) is 13.8 Å². The van der Waals surface area contributed by atoms with Crippen molar-refractivity contribution in [3.63, 3.8) is 0 Å². The standard InChI is InChI=1S/C8H15NO2/c1-3-10-7-8(5-6-9)11-4-2/h8H,3-5,7H2,1-2H3. The highest BCUT2D eigenvalue weighted by Gasteiger charge is 2.06. The van der Waals surface area contributed by atoms with Crippen LogP contribution in [0, 0.1) is 11.3 Å². The van der Waals surface area contributed by atoms with Gasteiger partial charge in [0.2, 0.25) is 0 Å². The zero-order valence-corrected chi connectivity index (χ0v) is 7.17. The van der Waals surface area contributed by atoms with Gasteiger partial charge in [-0.05, 0) is 13.8 Å². The SMILES string of the molecule is CCOCC(CC#N)OCC. The third kappa shape index (κ3) is 5.84. The molecule has 0 fully saturated rings. The minimum absolute atomic E-state index is 0.0510. The van der Waals surface area contributed by atoms with Gasteiger partial charge in [0, 0.05) is 13.2 Å². The fourth-order valence-corrected chi connectivity index (χ4v) is 0.753. The van der Waals surface area contributed by atoms with Gasteiger partial charge in [0.25, 0.3) is 0 Å². The van der Waals surface area contributed by atoms with Crippen molar-refractivity contribution in [3.05, 3.63) is 0 Å². The van der Waals surface area contributed by atoms with Crippen molar-refractivity contribution in [2.24, 2.45) is 0 Å². The van der Waals surface area contributed by atoms with E-state index in [0.717, 1.165) is 0 Å². The summed E-state index contributed by atoms with van der Waals surface area (Å²) in [5, 5.41) is 8.38. The van der Waals surface area contributed by atoms with Crippen molar-refractivity contribution in [2.75, 3.05) is 19.8 Å². The van der Waals surface area contributed by atoms with E-state index in [1.54, 1.807) is 0 Å². The second kappa shape index (κ2) is 7.52. The lowest BCUT2D eigenvalue weighted by molar-refractivity contribution is -0.00543. The van der Waals surface area contributed by atoms with Gasteiger partial charge < -0.3 is 9.47 Å². The van der Waals surface area contributed by atoms with Crippen LogP contribution in [-0.2, 0) is 9.47 Å². The molecule has 0 amide bonds. The van der Waals surface area contributed by atoms with Crippen LogP contribution < -0.4 is 0 Å². The number of rotatable bonds is 6. The largest absolute Gasteiger partial charge is 0.379 e. The molecule has 0 aliphatic rings. The third-order valence-electron chi connectivity index (χ3n) is 1.23. The van der Waals surface area contributed by atoms with E-state index in [1.165, 1.54) is 0 Å². The van der Waals surface area contributed by atoms with Crippen LogP contribution in [-0.4, -0.2) is 25.9 Å². The Labute approximate surface area is 67.9 Å². The van der Waals surface area contributed by atoms with E-state index in [2.05, 4.69) is 6.07 Å². The smallest absolute Gasteiger partial charge is 0.0937 e. The van der Waals surface area contributed by atoms with Gasteiger partial charge in [0.15, 0.2) is 0 Å². The lowest BCUT2D eigenvalue weighted by atomic mass is 10.3. The molecule has 64 valence electrons. The average Bonchev–Trinajstić information content (AvgIpc) is 2.01. The van der Waals surface area contributed by atoms with E-state index in [9.17, 15) is 0 Å². The molecule has 0 heterocycles. The van der Waals surface area contributed by atoms with Crippen molar-refractivity contribution >= 4 is 0 Å². The van der Waals surface area contributed by atoms with Gasteiger partial charge in [-0.15, -0.1) is 0 Å². The summed E-state index contributed by atoms with van der Waals surface area (Å²) in [7, 11) is 0. The molecule has 1 atom stereocenters. The summed E-state index contributed by atoms with van der Waals surface area (Å²) in [6.45, 7) is 5.68.